The summed E-state index contributed by atoms with van der Waals surface area (Å²) in [4.78, 5) is 17.2. The van der Waals surface area contributed by atoms with Crippen LogP contribution in [0.4, 0.5) is 5.69 Å². The molecule has 6 heteroatoms. The molecule has 2 aliphatic rings. The van der Waals surface area contributed by atoms with Gasteiger partial charge < -0.3 is 18.8 Å². The van der Waals surface area contributed by atoms with Crippen molar-refractivity contribution in [2.75, 3.05) is 51.3 Å². The molecule has 33 heavy (non-hydrogen) atoms. The highest BCUT2D eigenvalue weighted by atomic mass is 16.5. The summed E-state index contributed by atoms with van der Waals surface area (Å²) in [5.74, 6) is 1.33. The molecule has 1 fully saturated rings. The second-order valence-corrected chi connectivity index (χ2v) is 9.02. The number of fused-ring (bicyclic) bond motifs is 3. The number of rotatable bonds is 7. The maximum absolute atomic E-state index is 12.2. The van der Waals surface area contributed by atoms with Gasteiger partial charge in [-0.1, -0.05) is 18.2 Å². The lowest BCUT2D eigenvalue weighted by Gasteiger charge is -2.36. The SMILES string of the molecule is COc1cc2oc(=O)c3c(c2cc1OCCCN1CCN(c2ccccc2C)CC1)CCC3. The van der Waals surface area contributed by atoms with Crippen LogP contribution in [0.3, 0.4) is 0 Å². The Bertz CT molecular complexity index is 1190. The molecule has 0 N–H and O–H groups in total. The van der Waals surface area contributed by atoms with Crippen LogP contribution in [0.15, 0.2) is 45.6 Å². The molecule has 0 atom stereocenters. The Balaban J connectivity index is 1.18. The van der Waals surface area contributed by atoms with Crippen molar-refractivity contribution in [1.82, 2.24) is 4.90 Å². The van der Waals surface area contributed by atoms with Crippen LogP contribution < -0.4 is 20.0 Å². The molecule has 1 aliphatic carbocycles. The summed E-state index contributed by atoms with van der Waals surface area (Å²) >= 11 is 0. The van der Waals surface area contributed by atoms with Gasteiger partial charge in [-0.05, 0) is 55.9 Å². The Kier molecular flexibility index (Phi) is 6.27. The van der Waals surface area contributed by atoms with Crippen LogP contribution in [0.2, 0.25) is 0 Å². The minimum Gasteiger partial charge on any atom is -0.493 e. The first kappa shape index (κ1) is 21.8. The van der Waals surface area contributed by atoms with E-state index in [0.29, 0.717) is 17.9 Å². The number of anilines is 1. The fraction of sp³-hybridized carbons (Fsp3) is 0.444. The highest BCUT2D eigenvalue weighted by molar-refractivity contribution is 5.85. The van der Waals surface area contributed by atoms with Crippen LogP contribution in [0.1, 0.15) is 29.5 Å². The van der Waals surface area contributed by atoms with Crippen LogP contribution >= 0.6 is 0 Å². The summed E-state index contributed by atoms with van der Waals surface area (Å²) in [5.41, 5.74) is 4.99. The van der Waals surface area contributed by atoms with E-state index in [1.54, 1.807) is 13.2 Å². The topological polar surface area (TPSA) is 55.2 Å². The largest absolute Gasteiger partial charge is 0.493 e. The van der Waals surface area contributed by atoms with E-state index in [1.807, 2.05) is 6.07 Å². The van der Waals surface area contributed by atoms with Crippen molar-refractivity contribution in [2.24, 2.45) is 0 Å². The fourth-order valence-electron chi connectivity index (χ4n) is 5.16. The lowest BCUT2D eigenvalue weighted by Crippen LogP contribution is -2.47. The number of nitrogens with zero attached hydrogens (tertiary/aromatic N) is 2. The first-order valence-corrected chi connectivity index (χ1v) is 12.0. The Labute approximate surface area is 194 Å². The molecular weight excluding hydrogens is 416 g/mol. The first-order chi connectivity index (χ1) is 16.1. The summed E-state index contributed by atoms with van der Waals surface area (Å²) in [7, 11) is 1.62. The molecule has 1 saturated heterocycles. The van der Waals surface area contributed by atoms with E-state index in [2.05, 4.69) is 41.0 Å². The van der Waals surface area contributed by atoms with Crippen molar-refractivity contribution in [3.63, 3.8) is 0 Å². The van der Waals surface area contributed by atoms with E-state index >= 15 is 0 Å². The van der Waals surface area contributed by atoms with Crippen LogP contribution in [0.25, 0.3) is 11.0 Å². The van der Waals surface area contributed by atoms with Gasteiger partial charge in [-0.25, -0.2) is 4.79 Å². The molecule has 174 valence electrons. The number of hydrogen-bond acceptors (Lipinski definition) is 6. The maximum Gasteiger partial charge on any atom is 0.339 e. The molecule has 0 amide bonds. The van der Waals surface area contributed by atoms with Gasteiger partial charge in [0.25, 0.3) is 0 Å². The zero-order valence-corrected chi connectivity index (χ0v) is 19.6. The third-order valence-electron chi connectivity index (χ3n) is 6.96. The molecule has 2 heterocycles. The van der Waals surface area contributed by atoms with Gasteiger partial charge in [0.1, 0.15) is 5.58 Å². The minimum absolute atomic E-state index is 0.215. The van der Waals surface area contributed by atoms with Gasteiger partial charge in [0.2, 0.25) is 0 Å². The van der Waals surface area contributed by atoms with Crippen molar-refractivity contribution in [3.8, 4) is 11.5 Å². The van der Waals surface area contributed by atoms with E-state index in [9.17, 15) is 4.79 Å². The summed E-state index contributed by atoms with van der Waals surface area (Å²) in [6.07, 6.45) is 3.66. The molecule has 0 saturated carbocycles. The Morgan fingerprint density at radius 2 is 1.79 bits per heavy atom. The predicted octanol–water partition coefficient (Wildman–Crippen LogP) is 4.19. The third-order valence-corrected chi connectivity index (χ3v) is 6.96. The molecule has 0 spiro atoms. The van der Waals surface area contributed by atoms with Crippen molar-refractivity contribution >= 4 is 16.7 Å². The van der Waals surface area contributed by atoms with Crippen molar-refractivity contribution in [1.29, 1.82) is 0 Å². The normalized spacial score (nSPS) is 16.2. The maximum atomic E-state index is 12.2. The van der Waals surface area contributed by atoms with Gasteiger partial charge in [0.05, 0.1) is 13.7 Å². The lowest BCUT2D eigenvalue weighted by molar-refractivity contribution is 0.221. The molecule has 3 aromatic rings. The molecule has 5 rings (SSSR count). The van der Waals surface area contributed by atoms with Crippen molar-refractivity contribution < 1.29 is 13.9 Å². The number of ether oxygens (including phenoxy) is 2. The molecular formula is C27H32N2O4. The molecule has 1 aromatic heterocycles. The third kappa shape index (κ3) is 4.44. The Morgan fingerprint density at radius 1 is 1.00 bits per heavy atom. The van der Waals surface area contributed by atoms with Crippen LogP contribution in [0.5, 0.6) is 11.5 Å². The zero-order chi connectivity index (χ0) is 22.8. The van der Waals surface area contributed by atoms with Crippen LogP contribution in [0, 0.1) is 6.92 Å². The van der Waals surface area contributed by atoms with E-state index in [0.717, 1.165) is 80.7 Å². The predicted molar refractivity (Wildman–Crippen MR) is 131 cm³/mol. The second kappa shape index (κ2) is 9.48. The molecule has 1 aliphatic heterocycles. The van der Waals surface area contributed by atoms with Gasteiger partial charge in [0.15, 0.2) is 11.5 Å². The van der Waals surface area contributed by atoms with Gasteiger partial charge >= 0.3 is 5.63 Å². The number of piperazine rings is 1. The van der Waals surface area contributed by atoms with Gasteiger partial charge in [-0.15, -0.1) is 0 Å². The zero-order valence-electron chi connectivity index (χ0n) is 19.6. The molecule has 6 nitrogen and oxygen atoms in total. The molecule has 0 radical (unpaired) electrons. The van der Waals surface area contributed by atoms with Gasteiger partial charge in [-0.3, -0.25) is 4.90 Å². The smallest absolute Gasteiger partial charge is 0.339 e. The lowest BCUT2D eigenvalue weighted by atomic mass is 10.1. The number of methoxy groups -OCH3 is 1. The first-order valence-electron chi connectivity index (χ1n) is 12.0. The standard InChI is InChI=1S/C27H32N2O4/c1-19-7-3-4-10-23(19)29-14-12-28(13-15-29)11-6-16-32-26-17-22-20-8-5-9-21(20)27(30)33-24(22)18-25(26)31-2/h3-4,7,10,17-18H,5-6,8-9,11-16H2,1-2H3. The summed E-state index contributed by atoms with van der Waals surface area (Å²) in [6, 6.07) is 12.4. The Morgan fingerprint density at radius 3 is 2.58 bits per heavy atom. The molecule has 0 bridgehead atoms. The highest BCUT2D eigenvalue weighted by Gasteiger charge is 2.22. The molecule has 2 aromatic carbocycles. The van der Waals surface area contributed by atoms with E-state index in [4.69, 9.17) is 13.9 Å². The second-order valence-electron chi connectivity index (χ2n) is 9.02. The van der Waals surface area contributed by atoms with E-state index in [-0.39, 0.29) is 5.63 Å². The van der Waals surface area contributed by atoms with E-state index in [1.165, 1.54) is 11.3 Å². The average Bonchev–Trinajstić information content (AvgIpc) is 3.34. The van der Waals surface area contributed by atoms with E-state index < -0.39 is 0 Å². The fourth-order valence-corrected chi connectivity index (χ4v) is 5.16. The highest BCUT2D eigenvalue weighted by Crippen LogP contribution is 2.36. The summed E-state index contributed by atoms with van der Waals surface area (Å²) < 4.78 is 17.2. The monoisotopic (exact) mass is 448 g/mol. The van der Waals surface area contributed by atoms with Crippen LogP contribution in [-0.2, 0) is 12.8 Å². The van der Waals surface area contributed by atoms with Crippen LogP contribution in [-0.4, -0.2) is 51.3 Å². The van der Waals surface area contributed by atoms with Gasteiger partial charge in [0, 0.05) is 55.4 Å². The molecule has 0 unspecified atom stereocenters. The number of benzene rings is 2. The quantitative estimate of drug-likeness (QED) is 0.399. The Hall–Kier alpha value is -2.99. The number of aryl methyl sites for hydroxylation is 2. The number of para-hydroxylation sites is 1. The van der Waals surface area contributed by atoms with Crippen molar-refractivity contribution in [2.45, 2.75) is 32.6 Å². The van der Waals surface area contributed by atoms with Crippen molar-refractivity contribution in [3.05, 3.63) is 63.5 Å². The summed E-state index contributed by atoms with van der Waals surface area (Å²) in [5, 5.41) is 0.977. The average molecular weight is 449 g/mol. The van der Waals surface area contributed by atoms with Gasteiger partial charge in [-0.2, -0.15) is 0 Å². The number of hydrogen-bond donors (Lipinski definition) is 0. The summed E-state index contributed by atoms with van der Waals surface area (Å²) in [6.45, 7) is 8.07. The minimum atomic E-state index is -0.215.